The van der Waals surface area contributed by atoms with Crippen molar-refractivity contribution < 1.29 is 42.1 Å². The molecule has 0 spiro atoms. The quantitative estimate of drug-likeness (QED) is 0.525. The Morgan fingerprint density at radius 2 is 1.94 bits per heavy atom. The van der Waals surface area contributed by atoms with Crippen LogP contribution in [0, 0.1) is 11.7 Å². The van der Waals surface area contributed by atoms with Gasteiger partial charge in [0.2, 0.25) is 0 Å². The molecule has 0 aromatic heterocycles. The zero-order valence-electron chi connectivity index (χ0n) is 20.2. The van der Waals surface area contributed by atoms with Crippen molar-refractivity contribution in [3.63, 3.8) is 0 Å². The Bertz CT molecular complexity index is 1210. The van der Waals surface area contributed by atoms with E-state index < -0.39 is 63.7 Å². The summed E-state index contributed by atoms with van der Waals surface area (Å²) in [7, 11) is -4.42. The van der Waals surface area contributed by atoms with Crippen LogP contribution in [-0.4, -0.2) is 72.9 Å². The Balaban J connectivity index is 1.67. The minimum absolute atomic E-state index is 0.0933. The van der Waals surface area contributed by atoms with Crippen molar-refractivity contribution in [2.24, 2.45) is 5.92 Å². The lowest BCUT2D eigenvalue weighted by Crippen LogP contribution is -2.49. The lowest BCUT2D eigenvalue weighted by molar-refractivity contribution is -0.117. The van der Waals surface area contributed by atoms with E-state index in [9.17, 15) is 33.0 Å². The summed E-state index contributed by atoms with van der Waals surface area (Å²) in [5.74, 6) is -2.64. The van der Waals surface area contributed by atoms with E-state index in [0.29, 0.717) is 10.8 Å². The smallest absolute Gasteiger partial charge is 0.412 e. The van der Waals surface area contributed by atoms with Crippen LogP contribution in [0.3, 0.4) is 0 Å². The number of amides is 3. The first-order valence-electron chi connectivity index (χ1n) is 11.6. The molecule has 3 N–H and O–H groups in total. The van der Waals surface area contributed by atoms with E-state index in [1.165, 1.54) is 4.90 Å². The second kappa shape index (κ2) is 8.98. The highest BCUT2D eigenvalue weighted by atomic mass is 32.2. The highest BCUT2D eigenvalue weighted by Gasteiger charge is 2.43. The summed E-state index contributed by atoms with van der Waals surface area (Å²) in [5, 5.41) is 20.4. The number of phenols is 1. The Hall–Kier alpha value is -3.29. The third kappa shape index (κ3) is 4.86. The normalized spacial score (nSPS) is 21.1. The third-order valence-electron chi connectivity index (χ3n) is 6.42. The first-order valence-corrected chi connectivity index (χ1v) is 13.0. The number of phenolic OH excluding ortho intramolecular Hbond substituents is 1. The predicted molar refractivity (Wildman–Crippen MR) is 126 cm³/mol. The summed E-state index contributed by atoms with van der Waals surface area (Å²) >= 11 is 0. The van der Waals surface area contributed by atoms with Gasteiger partial charge in [0, 0.05) is 31.1 Å². The van der Waals surface area contributed by atoms with Crippen LogP contribution in [0.4, 0.5) is 25.4 Å². The molecule has 1 atom stereocenters. The molecule has 36 heavy (non-hydrogen) atoms. The molecular weight excluding hydrogens is 499 g/mol. The maximum atomic E-state index is 15.6. The molecular formula is C22H29FN4O8S. The van der Waals surface area contributed by atoms with E-state index in [1.807, 2.05) is 0 Å². The number of carboxylic acid groups (broad SMARTS) is 1. The van der Waals surface area contributed by atoms with Gasteiger partial charge < -0.3 is 19.8 Å². The second-order valence-electron chi connectivity index (χ2n) is 10.3. The van der Waals surface area contributed by atoms with Gasteiger partial charge in [0.15, 0.2) is 5.82 Å². The Kier molecular flexibility index (Phi) is 6.43. The Morgan fingerprint density at radius 3 is 2.44 bits per heavy atom. The van der Waals surface area contributed by atoms with Gasteiger partial charge in [-0.05, 0) is 39.5 Å². The number of halogens is 1. The van der Waals surface area contributed by atoms with Crippen LogP contribution in [0.2, 0.25) is 0 Å². The summed E-state index contributed by atoms with van der Waals surface area (Å²) in [6.45, 7) is 4.68. The summed E-state index contributed by atoms with van der Waals surface area (Å²) in [6.07, 6.45) is 0.662. The third-order valence-corrected chi connectivity index (χ3v) is 7.80. The average Bonchev–Trinajstić information content (AvgIpc) is 3.18. The van der Waals surface area contributed by atoms with Gasteiger partial charge in [-0.1, -0.05) is 6.42 Å². The van der Waals surface area contributed by atoms with Crippen LogP contribution >= 0.6 is 0 Å². The van der Waals surface area contributed by atoms with Crippen LogP contribution in [0.15, 0.2) is 6.07 Å². The van der Waals surface area contributed by atoms with Crippen LogP contribution in [0.1, 0.15) is 45.6 Å². The molecule has 198 valence electrons. The molecule has 1 aliphatic carbocycles. The van der Waals surface area contributed by atoms with Gasteiger partial charge in [-0.2, -0.15) is 8.42 Å². The molecule has 12 nitrogen and oxygen atoms in total. The number of nitrogens with one attached hydrogen (secondary N) is 1. The maximum Gasteiger partial charge on any atom is 0.412 e. The molecule has 3 aliphatic rings. The number of fused-ring (bicyclic) bond motifs is 1. The molecule has 2 heterocycles. The van der Waals surface area contributed by atoms with E-state index >= 15 is 4.39 Å². The fraction of sp³-hybridized carbons (Fsp3) is 0.591. The van der Waals surface area contributed by atoms with Gasteiger partial charge in [-0.3, -0.25) is 9.69 Å². The zero-order valence-corrected chi connectivity index (χ0v) is 21.0. The molecule has 4 rings (SSSR count). The van der Waals surface area contributed by atoms with Crippen LogP contribution < -0.4 is 13.9 Å². The molecule has 3 amide bonds. The number of anilines is 2. The summed E-state index contributed by atoms with van der Waals surface area (Å²) < 4.78 is 47.7. The summed E-state index contributed by atoms with van der Waals surface area (Å²) in [6, 6.07) is 0.0494. The number of ether oxygens (including phenoxy) is 1. The highest BCUT2D eigenvalue weighted by Crippen LogP contribution is 2.45. The van der Waals surface area contributed by atoms with E-state index in [0.717, 1.165) is 30.2 Å². The number of rotatable bonds is 5. The molecule has 2 fully saturated rings. The monoisotopic (exact) mass is 528 g/mol. The Morgan fingerprint density at radius 1 is 1.28 bits per heavy atom. The summed E-state index contributed by atoms with van der Waals surface area (Å²) in [4.78, 5) is 39.0. The van der Waals surface area contributed by atoms with Gasteiger partial charge in [0.1, 0.15) is 23.6 Å². The largest absolute Gasteiger partial charge is 0.506 e. The molecule has 1 aromatic carbocycles. The molecule has 2 aliphatic heterocycles. The van der Waals surface area contributed by atoms with E-state index in [-0.39, 0.29) is 30.1 Å². The minimum Gasteiger partial charge on any atom is -0.506 e. The number of carbonyl (C=O) groups is 3. The van der Waals surface area contributed by atoms with Gasteiger partial charge >= 0.3 is 22.4 Å². The second-order valence-corrected chi connectivity index (χ2v) is 11.9. The van der Waals surface area contributed by atoms with E-state index in [1.54, 1.807) is 25.5 Å². The molecule has 14 heteroatoms. The van der Waals surface area contributed by atoms with E-state index in [2.05, 4.69) is 0 Å². The molecule has 0 bridgehead atoms. The van der Waals surface area contributed by atoms with E-state index in [4.69, 9.17) is 4.74 Å². The van der Waals surface area contributed by atoms with Gasteiger partial charge in [-0.25, -0.2) is 23.0 Å². The summed E-state index contributed by atoms with van der Waals surface area (Å²) in [5.41, 5.74) is -1.82. The fourth-order valence-electron chi connectivity index (χ4n) is 4.67. The number of hydrogen-bond acceptors (Lipinski definition) is 7. The lowest BCUT2D eigenvalue weighted by Gasteiger charge is -2.36. The molecule has 0 radical (unpaired) electrons. The Labute approximate surface area is 207 Å². The van der Waals surface area contributed by atoms with Crippen molar-refractivity contribution in [3.05, 3.63) is 17.4 Å². The number of benzene rings is 1. The van der Waals surface area contributed by atoms with Crippen LogP contribution in [-0.2, 0) is 26.2 Å². The standard InChI is InChI=1S/C22H29FN4O8S/c1-22(2,3)35-21(32)25(9-12-5-4-6-12)10-13-7-14-15(27(13)20(30)31)8-16(28)19(18(14)23)26-11-17(29)24-36(26,33)34/h8,12-13,28H,4-7,9-11H2,1-3H3,(H,24,29)(H,30,31)/t13-/m1/s1. The predicted octanol–water partition coefficient (Wildman–Crippen LogP) is 2.16. The molecule has 0 unspecified atom stereocenters. The van der Waals surface area contributed by atoms with Crippen LogP contribution in [0.5, 0.6) is 5.75 Å². The number of aromatic hydroxyl groups is 1. The van der Waals surface area contributed by atoms with Crippen molar-refractivity contribution in [2.75, 3.05) is 28.8 Å². The van der Waals surface area contributed by atoms with Gasteiger partial charge in [0.25, 0.3) is 5.91 Å². The topological polar surface area (TPSA) is 157 Å². The molecule has 1 aromatic rings. The van der Waals surface area contributed by atoms with Crippen molar-refractivity contribution in [1.82, 2.24) is 9.62 Å². The average molecular weight is 529 g/mol. The maximum absolute atomic E-state index is 15.6. The van der Waals surface area contributed by atoms with Crippen molar-refractivity contribution in [2.45, 2.75) is 58.1 Å². The van der Waals surface area contributed by atoms with Crippen molar-refractivity contribution in [1.29, 1.82) is 0 Å². The van der Waals surface area contributed by atoms with Crippen molar-refractivity contribution >= 4 is 39.7 Å². The van der Waals surface area contributed by atoms with Gasteiger partial charge in [0.05, 0.1) is 11.7 Å². The first kappa shape index (κ1) is 25.8. The highest BCUT2D eigenvalue weighted by molar-refractivity contribution is 7.92. The number of carbonyl (C=O) groups excluding carboxylic acids is 2. The lowest BCUT2D eigenvalue weighted by atomic mass is 9.85. The SMILES string of the molecule is CC(C)(C)OC(=O)N(CC1CCC1)C[C@H]1Cc2c(cc(O)c(N3CC(=O)NS3(=O)=O)c2F)N1C(=O)O. The zero-order chi connectivity index (χ0) is 26.6. The molecule has 1 saturated heterocycles. The molecule has 1 saturated carbocycles. The fourth-order valence-corrected chi connectivity index (χ4v) is 5.83. The number of nitrogens with zero attached hydrogens (tertiary/aromatic N) is 3. The van der Waals surface area contributed by atoms with Crippen molar-refractivity contribution in [3.8, 4) is 5.75 Å². The minimum atomic E-state index is -4.42. The first-order chi connectivity index (χ1) is 16.7. The van der Waals surface area contributed by atoms with Crippen LogP contribution in [0.25, 0.3) is 0 Å². The van der Waals surface area contributed by atoms with Gasteiger partial charge in [-0.15, -0.1) is 0 Å². The number of hydrogen-bond donors (Lipinski definition) is 3.